The summed E-state index contributed by atoms with van der Waals surface area (Å²) in [5.74, 6) is 0. The maximum Gasteiger partial charge on any atom is 0.0979 e. The van der Waals surface area contributed by atoms with E-state index in [1.165, 1.54) is 5.56 Å². The lowest BCUT2D eigenvalue weighted by Crippen LogP contribution is -1.95. The highest BCUT2D eigenvalue weighted by Crippen LogP contribution is 2.29. The van der Waals surface area contributed by atoms with Gasteiger partial charge in [0.25, 0.3) is 0 Å². The maximum atomic E-state index is 5.88. The molecule has 0 saturated carbocycles. The lowest BCUT2D eigenvalue weighted by Gasteiger charge is -1.99. The summed E-state index contributed by atoms with van der Waals surface area (Å²) in [5.41, 5.74) is 9.29. The fourth-order valence-corrected chi connectivity index (χ4v) is 3.71. The number of benzene rings is 2. The van der Waals surface area contributed by atoms with E-state index in [0.29, 0.717) is 6.54 Å². The van der Waals surface area contributed by atoms with E-state index in [1.54, 1.807) is 11.3 Å². The fourth-order valence-electron chi connectivity index (χ4n) is 2.26. The Hall–Kier alpha value is -1.49. The summed E-state index contributed by atoms with van der Waals surface area (Å²) < 4.78 is 1.10. The molecule has 0 atom stereocenters. The Balaban J connectivity index is 1.93. The van der Waals surface area contributed by atoms with Crippen LogP contribution >= 0.6 is 27.3 Å². The number of rotatable bonds is 4. The van der Waals surface area contributed by atoms with Gasteiger partial charge in [0, 0.05) is 27.9 Å². The van der Waals surface area contributed by atoms with E-state index in [4.69, 9.17) is 10.7 Å². The Labute approximate surface area is 136 Å². The van der Waals surface area contributed by atoms with Gasteiger partial charge in [-0.2, -0.15) is 0 Å². The molecule has 0 aliphatic heterocycles. The van der Waals surface area contributed by atoms with E-state index in [2.05, 4.69) is 46.3 Å². The highest BCUT2D eigenvalue weighted by atomic mass is 79.9. The van der Waals surface area contributed by atoms with Crippen molar-refractivity contribution in [1.82, 2.24) is 4.98 Å². The van der Waals surface area contributed by atoms with Crippen LogP contribution in [0.25, 0.3) is 11.3 Å². The predicted octanol–water partition coefficient (Wildman–Crippen LogP) is 4.62. The third kappa shape index (κ3) is 3.40. The van der Waals surface area contributed by atoms with E-state index in [9.17, 15) is 0 Å². The van der Waals surface area contributed by atoms with Gasteiger partial charge in [0.05, 0.1) is 10.7 Å². The number of nitrogens with two attached hydrogens (primary N) is 1. The van der Waals surface area contributed by atoms with Crippen LogP contribution < -0.4 is 5.73 Å². The molecule has 0 aliphatic rings. The largest absolute Gasteiger partial charge is 0.326 e. The smallest absolute Gasteiger partial charge is 0.0979 e. The first kappa shape index (κ1) is 14.4. The van der Waals surface area contributed by atoms with Gasteiger partial charge in [0.2, 0.25) is 0 Å². The average Bonchev–Trinajstić information content (AvgIpc) is 2.91. The molecule has 2 nitrogen and oxygen atoms in total. The molecule has 106 valence electrons. The summed E-state index contributed by atoms with van der Waals surface area (Å²) in [6.45, 7) is 0.528. The minimum Gasteiger partial charge on any atom is -0.326 e. The molecule has 0 radical (unpaired) electrons. The third-order valence-corrected chi connectivity index (χ3v) is 4.79. The predicted molar refractivity (Wildman–Crippen MR) is 92.4 cm³/mol. The van der Waals surface area contributed by atoms with Crippen molar-refractivity contribution in [2.24, 2.45) is 5.73 Å². The van der Waals surface area contributed by atoms with Crippen molar-refractivity contribution in [3.8, 4) is 11.3 Å². The minimum absolute atomic E-state index is 0.528. The molecule has 0 unspecified atom stereocenters. The zero-order chi connectivity index (χ0) is 14.7. The van der Waals surface area contributed by atoms with Gasteiger partial charge in [-0.25, -0.2) is 4.98 Å². The first-order valence-corrected chi connectivity index (χ1v) is 8.35. The number of thiazole rings is 1. The molecule has 0 bridgehead atoms. The second kappa shape index (κ2) is 6.52. The van der Waals surface area contributed by atoms with Gasteiger partial charge >= 0.3 is 0 Å². The molecule has 0 saturated heterocycles. The van der Waals surface area contributed by atoms with Crippen LogP contribution in [0.4, 0.5) is 0 Å². The zero-order valence-electron chi connectivity index (χ0n) is 11.4. The monoisotopic (exact) mass is 358 g/mol. The summed E-state index contributed by atoms with van der Waals surface area (Å²) >= 11 is 5.21. The summed E-state index contributed by atoms with van der Waals surface area (Å²) in [4.78, 5) is 5.94. The van der Waals surface area contributed by atoms with Crippen LogP contribution in [0.15, 0.2) is 59.1 Å². The Morgan fingerprint density at radius 1 is 1.05 bits per heavy atom. The fraction of sp³-hybridized carbons (Fsp3) is 0.118. The summed E-state index contributed by atoms with van der Waals surface area (Å²) in [6.07, 6.45) is 0.837. The van der Waals surface area contributed by atoms with Crippen molar-refractivity contribution >= 4 is 27.3 Å². The van der Waals surface area contributed by atoms with E-state index in [1.807, 2.05) is 24.3 Å². The van der Waals surface area contributed by atoms with Gasteiger partial charge in [0.15, 0.2) is 0 Å². The highest BCUT2D eigenvalue weighted by molar-refractivity contribution is 9.10. The van der Waals surface area contributed by atoms with Crippen LogP contribution in [-0.2, 0) is 13.0 Å². The number of hydrogen-bond acceptors (Lipinski definition) is 3. The van der Waals surface area contributed by atoms with Gasteiger partial charge in [-0.3, -0.25) is 0 Å². The van der Waals surface area contributed by atoms with Gasteiger partial charge in [-0.1, -0.05) is 58.4 Å². The van der Waals surface area contributed by atoms with E-state index >= 15 is 0 Å². The zero-order valence-corrected chi connectivity index (χ0v) is 13.8. The van der Waals surface area contributed by atoms with Gasteiger partial charge < -0.3 is 5.73 Å². The number of hydrogen-bond donors (Lipinski definition) is 1. The first-order chi connectivity index (χ1) is 10.3. The van der Waals surface area contributed by atoms with Crippen LogP contribution in [-0.4, -0.2) is 4.98 Å². The SMILES string of the molecule is NCc1sc(Cc2cccc(Br)c2)nc1-c1ccccc1. The average molecular weight is 359 g/mol. The van der Waals surface area contributed by atoms with Crippen molar-refractivity contribution in [3.63, 3.8) is 0 Å². The minimum atomic E-state index is 0.528. The van der Waals surface area contributed by atoms with Gasteiger partial charge in [0.1, 0.15) is 0 Å². The number of aromatic nitrogens is 1. The van der Waals surface area contributed by atoms with Gasteiger partial charge in [-0.15, -0.1) is 11.3 Å². The van der Waals surface area contributed by atoms with Crippen LogP contribution in [0, 0.1) is 0 Å². The molecule has 2 aromatic carbocycles. The van der Waals surface area contributed by atoms with E-state index in [0.717, 1.165) is 32.0 Å². The molecule has 3 rings (SSSR count). The number of nitrogens with zero attached hydrogens (tertiary/aromatic N) is 1. The lowest BCUT2D eigenvalue weighted by atomic mass is 10.1. The molecule has 3 aromatic rings. The number of halogens is 1. The van der Waals surface area contributed by atoms with Crippen molar-refractivity contribution in [1.29, 1.82) is 0 Å². The normalized spacial score (nSPS) is 10.8. The molecule has 1 aromatic heterocycles. The van der Waals surface area contributed by atoms with Crippen molar-refractivity contribution in [3.05, 3.63) is 74.5 Å². The Morgan fingerprint density at radius 3 is 2.57 bits per heavy atom. The standard InChI is InChI=1S/C17H15BrN2S/c18-14-8-4-5-12(9-14)10-16-20-17(15(11-19)21-16)13-6-2-1-3-7-13/h1-9H,10-11,19H2. The quantitative estimate of drug-likeness (QED) is 0.738. The van der Waals surface area contributed by atoms with Crippen LogP contribution in [0.5, 0.6) is 0 Å². The first-order valence-electron chi connectivity index (χ1n) is 6.75. The van der Waals surface area contributed by atoms with Crippen molar-refractivity contribution < 1.29 is 0 Å². The van der Waals surface area contributed by atoms with Crippen LogP contribution in [0.3, 0.4) is 0 Å². The Bertz CT molecular complexity index is 738. The van der Waals surface area contributed by atoms with Crippen LogP contribution in [0.1, 0.15) is 15.4 Å². The van der Waals surface area contributed by atoms with Crippen LogP contribution in [0.2, 0.25) is 0 Å². The third-order valence-electron chi connectivity index (χ3n) is 3.22. The van der Waals surface area contributed by atoms with Crippen molar-refractivity contribution in [2.75, 3.05) is 0 Å². The molecule has 0 fully saturated rings. The molecular weight excluding hydrogens is 344 g/mol. The summed E-state index contributed by atoms with van der Waals surface area (Å²) in [5, 5.41) is 1.10. The maximum absolute atomic E-state index is 5.88. The van der Waals surface area contributed by atoms with E-state index < -0.39 is 0 Å². The summed E-state index contributed by atoms with van der Waals surface area (Å²) in [6, 6.07) is 18.6. The Morgan fingerprint density at radius 2 is 1.86 bits per heavy atom. The second-order valence-electron chi connectivity index (χ2n) is 4.76. The van der Waals surface area contributed by atoms with E-state index in [-0.39, 0.29) is 0 Å². The molecule has 2 N–H and O–H groups in total. The topological polar surface area (TPSA) is 38.9 Å². The summed E-state index contributed by atoms with van der Waals surface area (Å²) in [7, 11) is 0. The molecule has 0 amide bonds. The lowest BCUT2D eigenvalue weighted by molar-refractivity contribution is 1.09. The molecule has 0 aliphatic carbocycles. The van der Waals surface area contributed by atoms with Gasteiger partial charge in [-0.05, 0) is 17.7 Å². The molecule has 1 heterocycles. The molecule has 4 heteroatoms. The second-order valence-corrected chi connectivity index (χ2v) is 6.84. The molecular formula is C17H15BrN2S. The molecule has 0 spiro atoms. The highest BCUT2D eigenvalue weighted by Gasteiger charge is 2.12. The molecule has 21 heavy (non-hydrogen) atoms. The Kier molecular flexibility index (Phi) is 4.48. The van der Waals surface area contributed by atoms with Crippen molar-refractivity contribution in [2.45, 2.75) is 13.0 Å².